The van der Waals surface area contributed by atoms with Crippen molar-refractivity contribution in [1.29, 1.82) is 0 Å². The van der Waals surface area contributed by atoms with Crippen molar-refractivity contribution in [2.24, 2.45) is 0 Å². The molecule has 4 rings (SSSR count). The van der Waals surface area contributed by atoms with Crippen LogP contribution in [0.4, 0.5) is 10.1 Å². The third kappa shape index (κ3) is 3.64. The average molecular weight is 339 g/mol. The van der Waals surface area contributed by atoms with Gasteiger partial charge in [0.15, 0.2) is 5.65 Å². The SMILES string of the molecule is Cc1n[nH]c2ncc(NC3CCCN(Cc4ccc(F)cc4)C3)cc12. The highest BCUT2D eigenvalue weighted by atomic mass is 19.1. The van der Waals surface area contributed by atoms with Gasteiger partial charge in [0.2, 0.25) is 0 Å². The lowest BCUT2D eigenvalue weighted by Crippen LogP contribution is -2.41. The molecule has 3 aromatic rings. The number of halogens is 1. The molecule has 1 aromatic carbocycles. The smallest absolute Gasteiger partial charge is 0.155 e. The molecule has 0 saturated carbocycles. The van der Waals surface area contributed by atoms with Gasteiger partial charge in [-0.15, -0.1) is 0 Å². The maximum Gasteiger partial charge on any atom is 0.155 e. The highest BCUT2D eigenvalue weighted by molar-refractivity contribution is 5.80. The van der Waals surface area contributed by atoms with Gasteiger partial charge in [-0.25, -0.2) is 9.37 Å². The van der Waals surface area contributed by atoms with Crippen molar-refractivity contribution in [1.82, 2.24) is 20.1 Å². The molecule has 1 unspecified atom stereocenters. The summed E-state index contributed by atoms with van der Waals surface area (Å²) in [7, 11) is 0. The number of anilines is 1. The number of pyridine rings is 1. The fourth-order valence-corrected chi connectivity index (χ4v) is 3.51. The van der Waals surface area contributed by atoms with E-state index in [1.54, 1.807) is 0 Å². The first kappa shape index (κ1) is 16.0. The van der Waals surface area contributed by atoms with Crippen LogP contribution >= 0.6 is 0 Å². The predicted molar refractivity (Wildman–Crippen MR) is 96.9 cm³/mol. The second-order valence-corrected chi connectivity index (χ2v) is 6.77. The molecule has 0 radical (unpaired) electrons. The number of hydrogen-bond donors (Lipinski definition) is 2. The molecule has 3 heterocycles. The number of piperidine rings is 1. The minimum atomic E-state index is -0.181. The average Bonchev–Trinajstić information content (AvgIpc) is 2.98. The van der Waals surface area contributed by atoms with Crippen molar-refractivity contribution >= 4 is 16.7 Å². The Balaban J connectivity index is 1.41. The number of rotatable bonds is 4. The molecular weight excluding hydrogens is 317 g/mol. The van der Waals surface area contributed by atoms with E-state index in [9.17, 15) is 4.39 Å². The number of aryl methyl sites for hydroxylation is 1. The standard InChI is InChI=1S/C19H22FN5/c1-13-18-9-17(10-21-19(18)24-23-13)22-16-3-2-8-25(12-16)11-14-4-6-15(20)7-5-14/h4-7,9-10,16,22H,2-3,8,11-12H2,1H3,(H,21,23,24). The molecule has 1 atom stereocenters. The summed E-state index contributed by atoms with van der Waals surface area (Å²) < 4.78 is 13.0. The van der Waals surface area contributed by atoms with Gasteiger partial charge in [-0.1, -0.05) is 12.1 Å². The van der Waals surface area contributed by atoms with Crippen molar-refractivity contribution in [2.75, 3.05) is 18.4 Å². The van der Waals surface area contributed by atoms with Crippen molar-refractivity contribution in [3.8, 4) is 0 Å². The number of benzene rings is 1. The van der Waals surface area contributed by atoms with Crippen LogP contribution in [0.5, 0.6) is 0 Å². The normalized spacial score (nSPS) is 18.6. The molecule has 6 heteroatoms. The van der Waals surface area contributed by atoms with E-state index < -0.39 is 0 Å². The minimum Gasteiger partial charge on any atom is -0.380 e. The van der Waals surface area contributed by atoms with E-state index in [1.165, 1.54) is 12.1 Å². The third-order valence-electron chi connectivity index (χ3n) is 4.80. The molecular formula is C19H22FN5. The number of aromatic nitrogens is 3. The molecule has 130 valence electrons. The number of H-pyrrole nitrogens is 1. The summed E-state index contributed by atoms with van der Waals surface area (Å²) >= 11 is 0. The van der Waals surface area contributed by atoms with E-state index in [0.717, 1.165) is 60.5 Å². The maximum atomic E-state index is 13.0. The Morgan fingerprint density at radius 2 is 2.16 bits per heavy atom. The molecule has 1 aliphatic heterocycles. The highest BCUT2D eigenvalue weighted by Crippen LogP contribution is 2.21. The fourth-order valence-electron chi connectivity index (χ4n) is 3.51. The zero-order chi connectivity index (χ0) is 17.2. The molecule has 5 nitrogen and oxygen atoms in total. The lowest BCUT2D eigenvalue weighted by molar-refractivity contribution is 0.208. The van der Waals surface area contributed by atoms with E-state index in [2.05, 4.69) is 31.5 Å². The van der Waals surface area contributed by atoms with Gasteiger partial charge in [-0.05, 0) is 50.1 Å². The lowest BCUT2D eigenvalue weighted by Gasteiger charge is -2.33. The molecule has 0 aliphatic carbocycles. The van der Waals surface area contributed by atoms with Crippen LogP contribution in [-0.2, 0) is 6.54 Å². The quantitative estimate of drug-likeness (QED) is 0.764. The zero-order valence-corrected chi connectivity index (χ0v) is 14.3. The van der Waals surface area contributed by atoms with Crippen molar-refractivity contribution in [3.63, 3.8) is 0 Å². The first-order valence-electron chi connectivity index (χ1n) is 8.71. The Kier molecular flexibility index (Phi) is 4.36. The zero-order valence-electron chi connectivity index (χ0n) is 14.3. The van der Waals surface area contributed by atoms with Crippen LogP contribution in [0.2, 0.25) is 0 Å². The lowest BCUT2D eigenvalue weighted by atomic mass is 10.0. The fraction of sp³-hybridized carbons (Fsp3) is 0.368. The Bertz CT molecular complexity index is 858. The van der Waals surface area contributed by atoms with Gasteiger partial charge in [-0.3, -0.25) is 10.00 Å². The Hall–Kier alpha value is -2.47. The van der Waals surface area contributed by atoms with Crippen LogP contribution < -0.4 is 5.32 Å². The summed E-state index contributed by atoms with van der Waals surface area (Å²) in [5.41, 5.74) is 3.97. The summed E-state index contributed by atoms with van der Waals surface area (Å²) in [5, 5.41) is 11.8. The number of aromatic amines is 1. The monoisotopic (exact) mass is 339 g/mol. The van der Waals surface area contributed by atoms with Crippen molar-refractivity contribution in [2.45, 2.75) is 32.4 Å². The number of likely N-dealkylation sites (tertiary alicyclic amines) is 1. The second kappa shape index (κ2) is 6.80. The van der Waals surface area contributed by atoms with Crippen LogP contribution in [0.1, 0.15) is 24.1 Å². The van der Waals surface area contributed by atoms with Gasteiger partial charge in [0.05, 0.1) is 17.6 Å². The molecule has 1 fully saturated rings. The predicted octanol–water partition coefficient (Wildman–Crippen LogP) is 3.48. The van der Waals surface area contributed by atoms with E-state index in [0.29, 0.717) is 6.04 Å². The van der Waals surface area contributed by atoms with Gasteiger partial charge < -0.3 is 5.32 Å². The number of nitrogens with one attached hydrogen (secondary N) is 2. The van der Waals surface area contributed by atoms with Gasteiger partial charge in [-0.2, -0.15) is 5.10 Å². The summed E-state index contributed by atoms with van der Waals surface area (Å²) in [4.78, 5) is 6.85. The Morgan fingerprint density at radius 1 is 1.32 bits per heavy atom. The molecule has 25 heavy (non-hydrogen) atoms. The third-order valence-corrected chi connectivity index (χ3v) is 4.80. The molecule has 0 amide bonds. The molecule has 1 saturated heterocycles. The van der Waals surface area contributed by atoms with Crippen LogP contribution in [0.15, 0.2) is 36.5 Å². The van der Waals surface area contributed by atoms with Gasteiger partial charge in [0, 0.05) is 24.5 Å². The summed E-state index contributed by atoms with van der Waals surface area (Å²) in [6.07, 6.45) is 4.15. The Labute approximate surface area is 146 Å². The summed E-state index contributed by atoms with van der Waals surface area (Å²) in [6.45, 7) is 4.89. The van der Waals surface area contributed by atoms with E-state index in [1.807, 2.05) is 25.3 Å². The Morgan fingerprint density at radius 3 is 3.00 bits per heavy atom. The molecule has 0 bridgehead atoms. The van der Waals surface area contributed by atoms with Crippen molar-refractivity contribution in [3.05, 3.63) is 53.6 Å². The number of fused-ring (bicyclic) bond motifs is 1. The van der Waals surface area contributed by atoms with Gasteiger partial charge >= 0.3 is 0 Å². The second-order valence-electron chi connectivity index (χ2n) is 6.77. The molecule has 1 aliphatic rings. The van der Waals surface area contributed by atoms with E-state index in [-0.39, 0.29) is 5.82 Å². The molecule has 0 spiro atoms. The molecule has 2 N–H and O–H groups in total. The van der Waals surface area contributed by atoms with Crippen LogP contribution in [0.25, 0.3) is 11.0 Å². The number of nitrogens with zero attached hydrogens (tertiary/aromatic N) is 3. The van der Waals surface area contributed by atoms with Gasteiger partial charge in [0.1, 0.15) is 5.82 Å². The first-order valence-corrected chi connectivity index (χ1v) is 8.71. The largest absolute Gasteiger partial charge is 0.380 e. The van der Waals surface area contributed by atoms with Crippen LogP contribution in [0, 0.1) is 12.7 Å². The van der Waals surface area contributed by atoms with E-state index >= 15 is 0 Å². The highest BCUT2D eigenvalue weighted by Gasteiger charge is 2.20. The maximum absolute atomic E-state index is 13.0. The van der Waals surface area contributed by atoms with Crippen LogP contribution in [-0.4, -0.2) is 39.2 Å². The summed E-state index contributed by atoms with van der Waals surface area (Å²) in [6, 6.07) is 9.30. The molecule has 2 aromatic heterocycles. The van der Waals surface area contributed by atoms with Crippen molar-refractivity contribution < 1.29 is 4.39 Å². The van der Waals surface area contributed by atoms with E-state index in [4.69, 9.17) is 0 Å². The van der Waals surface area contributed by atoms with Crippen LogP contribution in [0.3, 0.4) is 0 Å². The minimum absolute atomic E-state index is 0.181. The van der Waals surface area contributed by atoms with Gasteiger partial charge in [0.25, 0.3) is 0 Å². The topological polar surface area (TPSA) is 56.8 Å². The summed E-state index contributed by atoms with van der Waals surface area (Å²) in [5.74, 6) is -0.181. The number of hydrogen-bond acceptors (Lipinski definition) is 4. The first-order chi connectivity index (χ1) is 12.2.